The topological polar surface area (TPSA) is 97.3 Å². The number of halogens is 1. The molecule has 2 rings (SSSR count). The average molecular weight is 403 g/mol. The molecule has 1 aliphatic heterocycles. The van der Waals surface area contributed by atoms with Gasteiger partial charge in [0.15, 0.2) is 11.5 Å². The quantitative estimate of drug-likeness (QED) is 0.689. The van der Waals surface area contributed by atoms with Gasteiger partial charge in [-0.1, -0.05) is 6.42 Å². The Kier molecular flexibility index (Phi) is 9.17. The number of carboxylic acid groups (broad SMARTS) is 1. The molecular formula is C18H27ClN2O6. The predicted octanol–water partition coefficient (Wildman–Crippen LogP) is 2.40. The summed E-state index contributed by atoms with van der Waals surface area (Å²) in [6.45, 7) is 1.11. The molecule has 1 unspecified atom stereocenters. The zero-order valence-electron chi connectivity index (χ0n) is 15.8. The second-order valence-electron chi connectivity index (χ2n) is 6.10. The zero-order chi connectivity index (χ0) is 19.1. The Bertz CT molecular complexity index is 630. The third-order valence-electron chi connectivity index (χ3n) is 4.47. The van der Waals surface area contributed by atoms with E-state index in [1.807, 2.05) is 4.90 Å². The number of likely N-dealkylation sites (tertiary alicyclic amines) is 1. The summed E-state index contributed by atoms with van der Waals surface area (Å²) in [6, 6.07) is 2.80. The number of anilines is 1. The Labute approximate surface area is 165 Å². The third-order valence-corrected chi connectivity index (χ3v) is 4.47. The Morgan fingerprint density at radius 1 is 1.15 bits per heavy atom. The van der Waals surface area contributed by atoms with E-state index in [-0.39, 0.29) is 24.7 Å². The molecule has 9 heteroatoms. The van der Waals surface area contributed by atoms with Crippen molar-refractivity contribution in [1.29, 1.82) is 0 Å². The molecule has 1 amide bonds. The molecule has 0 aliphatic carbocycles. The van der Waals surface area contributed by atoms with Gasteiger partial charge in [0.05, 0.1) is 21.3 Å². The number of carboxylic acids is 1. The largest absolute Gasteiger partial charge is 0.493 e. The van der Waals surface area contributed by atoms with Gasteiger partial charge in [0.1, 0.15) is 6.04 Å². The van der Waals surface area contributed by atoms with E-state index in [0.29, 0.717) is 42.4 Å². The van der Waals surface area contributed by atoms with E-state index >= 15 is 0 Å². The van der Waals surface area contributed by atoms with Crippen LogP contribution >= 0.6 is 12.4 Å². The van der Waals surface area contributed by atoms with Gasteiger partial charge in [-0.2, -0.15) is 0 Å². The predicted molar refractivity (Wildman–Crippen MR) is 103 cm³/mol. The van der Waals surface area contributed by atoms with E-state index in [4.69, 9.17) is 14.2 Å². The smallest absolute Gasteiger partial charge is 0.320 e. The number of rotatable bonds is 8. The number of piperidine rings is 1. The summed E-state index contributed by atoms with van der Waals surface area (Å²) in [7, 11) is 4.52. The van der Waals surface area contributed by atoms with Gasteiger partial charge in [-0.15, -0.1) is 12.4 Å². The molecule has 0 bridgehead atoms. The molecular weight excluding hydrogens is 376 g/mol. The van der Waals surface area contributed by atoms with Crippen molar-refractivity contribution < 1.29 is 28.9 Å². The molecule has 1 aromatic rings. The SMILES string of the molecule is COc1cc(NC(=O)CCN2CCCCC2C(=O)O)cc(OC)c1OC.Cl. The molecule has 27 heavy (non-hydrogen) atoms. The molecule has 8 nitrogen and oxygen atoms in total. The molecule has 152 valence electrons. The van der Waals surface area contributed by atoms with Gasteiger partial charge in [0.25, 0.3) is 0 Å². The van der Waals surface area contributed by atoms with Crippen molar-refractivity contribution in [2.24, 2.45) is 0 Å². The van der Waals surface area contributed by atoms with E-state index in [9.17, 15) is 14.7 Å². The van der Waals surface area contributed by atoms with Crippen molar-refractivity contribution in [2.45, 2.75) is 31.7 Å². The summed E-state index contributed by atoms with van der Waals surface area (Å²) in [5.41, 5.74) is 0.526. The van der Waals surface area contributed by atoms with Crippen molar-refractivity contribution in [3.63, 3.8) is 0 Å². The van der Waals surface area contributed by atoms with Gasteiger partial charge in [-0.25, -0.2) is 0 Å². The van der Waals surface area contributed by atoms with Crippen molar-refractivity contribution in [1.82, 2.24) is 4.90 Å². The fourth-order valence-electron chi connectivity index (χ4n) is 3.16. The number of benzene rings is 1. The highest BCUT2D eigenvalue weighted by Crippen LogP contribution is 2.39. The van der Waals surface area contributed by atoms with E-state index in [1.165, 1.54) is 21.3 Å². The van der Waals surface area contributed by atoms with Crippen LogP contribution in [0.4, 0.5) is 5.69 Å². The number of nitrogens with zero attached hydrogens (tertiary/aromatic N) is 1. The van der Waals surface area contributed by atoms with E-state index in [2.05, 4.69) is 5.32 Å². The molecule has 1 heterocycles. The van der Waals surface area contributed by atoms with Crippen LogP contribution in [0.2, 0.25) is 0 Å². The molecule has 1 saturated heterocycles. The van der Waals surface area contributed by atoms with Gasteiger partial charge in [0.2, 0.25) is 11.7 Å². The molecule has 1 aromatic carbocycles. The molecule has 2 N–H and O–H groups in total. The summed E-state index contributed by atoms with van der Waals surface area (Å²) in [4.78, 5) is 25.5. The van der Waals surface area contributed by atoms with Crippen LogP contribution in [0.1, 0.15) is 25.7 Å². The molecule has 1 atom stereocenters. The van der Waals surface area contributed by atoms with Gasteiger partial charge in [-0.3, -0.25) is 14.5 Å². The van der Waals surface area contributed by atoms with Crippen LogP contribution in [0, 0.1) is 0 Å². The highest BCUT2D eigenvalue weighted by molar-refractivity contribution is 5.91. The second-order valence-corrected chi connectivity index (χ2v) is 6.10. The van der Waals surface area contributed by atoms with E-state index < -0.39 is 12.0 Å². The molecule has 0 radical (unpaired) electrons. The minimum atomic E-state index is -0.824. The number of hydrogen-bond acceptors (Lipinski definition) is 6. The van der Waals surface area contributed by atoms with Gasteiger partial charge >= 0.3 is 5.97 Å². The summed E-state index contributed by atoms with van der Waals surface area (Å²) in [5, 5.41) is 12.1. The monoisotopic (exact) mass is 402 g/mol. The Hall–Kier alpha value is -2.19. The number of aliphatic carboxylic acids is 1. The van der Waals surface area contributed by atoms with Crippen molar-refractivity contribution in [2.75, 3.05) is 39.7 Å². The van der Waals surface area contributed by atoms with E-state index in [1.54, 1.807) is 12.1 Å². The molecule has 0 spiro atoms. The maximum Gasteiger partial charge on any atom is 0.320 e. The fraction of sp³-hybridized carbons (Fsp3) is 0.556. The van der Waals surface area contributed by atoms with Gasteiger partial charge < -0.3 is 24.6 Å². The summed E-state index contributed by atoms with van der Waals surface area (Å²) < 4.78 is 15.8. The normalized spacial score (nSPS) is 16.8. The summed E-state index contributed by atoms with van der Waals surface area (Å²) in [5.74, 6) is 0.322. The van der Waals surface area contributed by atoms with E-state index in [0.717, 1.165) is 12.8 Å². The summed E-state index contributed by atoms with van der Waals surface area (Å²) in [6.07, 6.45) is 2.70. The number of amides is 1. The lowest BCUT2D eigenvalue weighted by Crippen LogP contribution is -2.45. The van der Waals surface area contributed by atoms with Crippen molar-refractivity contribution >= 4 is 30.0 Å². The molecule has 1 fully saturated rings. The van der Waals surface area contributed by atoms with Crippen LogP contribution in [0.25, 0.3) is 0 Å². The van der Waals surface area contributed by atoms with Crippen LogP contribution in [0.3, 0.4) is 0 Å². The maximum atomic E-state index is 12.3. The average Bonchev–Trinajstić information content (AvgIpc) is 2.65. The highest BCUT2D eigenvalue weighted by atomic mass is 35.5. The second kappa shape index (κ2) is 10.8. The number of hydrogen-bond donors (Lipinski definition) is 2. The minimum absolute atomic E-state index is 0. The lowest BCUT2D eigenvalue weighted by atomic mass is 10.0. The van der Waals surface area contributed by atoms with Crippen LogP contribution in [-0.4, -0.2) is 62.3 Å². The Balaban J connectivity index is 0.00000364. The zero-order valence-corrected chi connectivity index (χ0v) is 16.6. The first-order chi connectivity index (χ1) is 12.5. The lowest BCUT2D eigenvalue weighted by molar-refractivity contribution is -0.144. The summed E-state index contributed by atoms with van der Waals surface area (Å²) >= 11 is 0. The number of carbonyl (C=O) groups is 2. The van der Waals surface area contributed by atoms with Gasteiger partial charge in [-0.05, 0) is 19.4 Å². The number of ether oxygens (including phenoxy) is 3. The fourth-order valence-corrected chi connectivity index (χ4v) is 3.16. The Morgan fingerprint density at radius 3 is 2.30 bits per heavy atom. The van der Waals surface area contributed by atoms with Crippen LogP contribution < -0.4 is 19.5 Å². The molecule has 0 saturated carbocycles. The number of nitrogens with one attached hydrogen (secondary N) is 1. The van der Waals surface area contributed by atoms with Crippen LogP contribution in [-0.2, 0) is 9.59 Å². The molecule has 1 aliphatic rings. The van der Waals surface area contributed by atoms with Crippen molar-refractivity contribution in [3.05, 3.63) is 12.1 Å². The highest BCUT2D eigenvalue weighted by Gasteiger charge is 2.28. The third kappa shape index (κ3) is 5.90. The van der Waals surface area contributed by atoms with Crippen molar-refractivity contribution in [3.8, 4) is 17.2 Å². The van der Waals surface area contributed by atoms with Crippen LogP contribution in [0.15, 0.2) is 12.1 Å². The lowest BCUT2D eigenvalue weighted by Gasteiger charge is -2.32. The van der Waals surface area contributed by atoms with Crippen LogP contribution in [0.5, 0.6) is 17.2 Å². The number of carbonyl (C=O) groups excluding carboxylic acids is 1. The molecule has 0 aromatic heterocycles. The first kappa shape index (κ1) is 22.9. The van der Waals surface area contributed by atoms with Gasteiger partial charge in [0, 0.05) is 30.8 Å². The first-order valence-electron chi connectivity index (χ1n) is 8.56. The maximum absolute atomic E-state index is 12.3. The minimum Gasteiger partial charge on any atom is -0.493 e. The Morgan fingerprint density at radius 2 is 1.78 bits per heavy atom. The standard InChI is InChI=1S/C18H26N2O6.ClH/c1-24-14-10-12(11-15(25-2)17(14)26-3)19-16(21)7-9-20-8-5-4-6-13(20)18(22)23;/h10-11,13H,4-9H2,1-3H3,(H,19,21)(H,22,23);1H. The number of methoxy groups -OCH3 is 3. The first-order valence-corrected chi connectivity index (χ1v) is 8.56.